The average Bonchev–Trinajstić information content (AvgIpc) is 2.78. The summed E-state index contributed by atoms with van der Waals surface area (Å²) in [5, 5.41) is 0.575. The van der Waals surface area contributed by atoms with Crippen LogP contribution >= 0.6 is 11.6 Å². The van der Waals surface area contributed by atoms with Gasteiger partial charge in [0.25, 0.3) is 6.43 Å². The molecule has 0 radical (unpaired) electrons. The van der Waals surface area contributed by atoms with Gasteiger partial charge >= 0.3 is 11.7 Å². The molecule has 0 aliphatic heterocycles. The van der Waals surface area contributed by atoms with Gasteiger partial charge < -0.3 is 4.74 Å². The number of esters is 1. The number of imidazole rings is 1. The number of aryl methyl sites for hydroxylation is 1. The number of benzene rings is 1. The Hall–Kier alpha value is -2.15. The van der Waals surface area contributed by atoms with Gasteiger partial charge in [-0.25, -0.2) is 13.6 Å². The van der Waals surface area contributed by atoms with Crippen LogP contribution in [0, 0.1) is 6.92 Å². The van der Waals surface area contributed by atoms with Crippen LogP contribution in [0.3, 0.4) is 0 Å². The van der Waals surface area contributed by atoms with E-state index in [1.54, 1.807) is 25.1 Å². The summed E-state index contributed by atoms with van der Waals surface area (Å²) in [5.74, 6) is -0.590. The van der Waals surface area contributed by atoms with Crippen molar-refractivity contribution in [2.24, 2.45) is 0 Å². The normalized spacial score (nSPS) is 11.1. The van der Waals surface area contributed by atoms with E-state index >= 15 is 0 Å². The third kappa shape index (κ3) is 4.92. The fraction of sp³-hybridized carbons (Fsp3) is 0.412. The topological polar surface area (TPSA) is 53.2 Å². The molecule has 1 heterocycles. The highest BCUT2D eigenvalue weighted by molar-refractivity contribution is 6.30. The molecule has 0 aliphatic rings. The molecule has 2 rings (SSSR count). The number of halogens is 3. The number of nitrogens with zero attached hydrogens (tertiary/aromatic N) is 2. The molecular weight excluding hydrogens is 354 g/mol. The molecule has 25 heavy (non-hydrogen) atoms. The SMILES string of the molecule is CCOC(=O)Cn1cc(Cc2ccc(Cl)cc2C)n(CC(F)F)c1=O. The number of carbonyl (C=O) groups excluding carboxylic acids is 1. The Kier molecular flexibility index (Phi) is 6.36. The van der Waals surface area contributed by atoms with E-state index < -0.39 is 24.6 Å². The molecule has 2 aromatic rings. The molecule has 1 aromatic carbocycles. The molecule has 136 valence electrons. The third-order valence-electron chi connectivity index (χ3n) is 3.73. The first-order chi connectivity index (χ1) is 11.8. The molecule has 1 aromatic heterocycles. The predicted octanol–water partition coefficient (Wildman–Crippen LogP) is 3.03. The molecule has 0 saturated heterocycles. The van der Waals surface area contributed by atoms with Gasteiger partial charge in [0.05, 0.1) is 13.2 Å². The van der Waals surface area contributed by atoms with Crippen molar-refractivity contribution in [1.29, 1.82) is 0 Å². The smallest absolute Gasteiger partial charge is 0.329 e. The average molecular weight is 373 g/mol. The van der Waals surface area contributed by atoms with E-state index in [9.17, 15) is 18.4 Å². The first-order valence-electron chi connectivity index (χ1n) is 7.79. The number of aromatic nitrogens is 2. The van der Waals surface area contributed by atoms with E-state index in [0.717, 1.165) is 20.3 Å². The highest BCUT2D eigenvalue weighted by Gasteiger charge is 2.18. The Labute approximate surface area is 148 Å². The number of hydrogen-bond donors (Lipinski definition) is 0. The monoisotopic (exact) mass is 372 g/mol. The van der Waals surface area contributed by atoms with E-state index in [4.69, 9.17) is 16.3 Å². The maximum Gasteiger partial charge on any atom is 0.329 e. The zero-order valence-electron chi connectivity index (χ0n) is 14.0. The minimum absolute atomic E-state index is 0.183. The lowest BCUT2D eigenvalue weighted by Gasteiger charge is -2.09. The van der Waals surface area contributed by atoms with Crippen molar-refractivity contribution >= 4 is 17.6 Å². The number of hydrogen-bond acceptors (Lipinski definition) is 3. The molecule has 0 unspecified atom stereocenters. The van der Waals surface area contributed by atoms with Crippen molar-refractivity contribution < 1.29 is 18.3 Å². The van der Waals surface area contributed by atoms with Crippen molar-refractivity contribution in [2.75, 3.05) is 6.61 Å². The maximum atomic E-state index is 12.9. The van der Waals surface area contributed by atoms with Crippen molar-refractivity contribution in [1.82, 2.24) is 9.13 Å². The van der Waals surface area contributed by atoms with Gasteiger partial charge in [-0.2, -0.15) is 0 Å². The van der Waals surface area contributed by atoms with Crippen molar-refractivity contribution in [3.05, 3.63) is 56.7 Å². The molecule has 0 saturated carbocycles. The van der Waals surface area contributed by atoms with Gasteiger partial charge in [-0.3, -0.25) is 13.9 Å². The molecular formula is C17H19ClF2N2O3. The van der Waals surface area contributed by atoms with Crippen LogP contribution in [-0.2, 0) is 29.0 Å². The van der Waals surface area contributed by atoms with E-state index in [0.29, 0.717) is 10.7 Å². The van der Waals surface area contributed by atoms with Gasteiger partial charge in [-0.15, -0.1) is 0 Å². The first kappa shape index (κ1) is 19.2. The van der Waals surface area contributed by atoms with E-state index in [2.05, 4.69) is 0 Å². The van der Waals surface area contributed by atoms with E-state index in [-0.39, 0.29) is 19.6 Å². The molecule has 0 amide bonds. The maximum absolute atomic E-state index is 12.9. The summed E-state index contributed by atoms with van der Waals surface area (Å²) in [4.78, 5) is 24.0. The van der Waals surface area contributed by atoms with Crippen LogP contribution < -0.4 is 5.69 Å². The van der Waals surface area contributed by atoms with Crippen LogP contribution in [0.4, 0.5) is 8.78 Å². The Morgan fingerprint density at radius 3 is 2.68 bits per heavy atom. The van der Waals surface area contributed by atoms with Crippen LogP contribution in [0.1, 0.15) is 23.7 Å². The van der Waals surface area contributed by atoms with Crippen LogP contribution in [0.5, 0.6) is 0 Å². The zero-order valence-corrected chi connectivity index (χ0v) is 14.7. The lowest BCUT2D eigenvalue weighted by molar-refractivity contribution is -0.143. The molecule has 0 N–H and O–H groups in total. The fourth-order valence-corrected chi connectivity index (χ4v) is 2.80. The number of carbonyl (C=O) groups is 1. The van der Waals surface area contributed by atoms with Crippen LogP contribution in [0.15, 0.2) is 29.2 Å². The van der Waals surface area contributed by atoms with Crippen LogP contribution in [0.25, 0.3) is 0 Å². The molecule has 5 nitrogen and oxygen atoms in total. The summed E-state index contributed by atoms with van der Waals surface area (Å²) in [6.07, 6.45) is -0.975. The Bertz CT molecular complexity index is 815. The van der Waals surface area contributed by atoms with E-state index in [1.165, 1.54) is 6.20 Å². The highest BCUT2D eigenvalue weighted by Crippen LogP contribution is 2.18. The van der Waals surface area contributed by atoms with Crippen LogP contribution in [0.2, 0.25) is 5.02 Å². The summed E-state index contributed by atoms with van der Waals surface area (Å²) in [6, 6.07) is 5.26. The van der Waals surface area contributed by atoms with Crippen molar-refractivity contribution in [3.8, 4) is 0 Å². The fourth-order valence-electron chi connectivity index (χ4n) is 2.57. The summed E-state index contributed by atoms with van der Waals surface area (Å²) >= 11 is 5.93. The molecule has 0 spiro atoms. The molecule has 8 heteroatoms. The second-order valence-electron chi connectivity index (χ2n) is 5.59. The Balaban J connectivity index is 2.37. The van der Waals surface area contributed by atoms with E-state index in [1.807, 2.05) is 6.92 Å². The van der Waals surface area contributed by atoms with Gasteiger partial charge in [0.15, 0.2) is 0 Å². The summed E-state index contributed by atoms with van der Waals surface area (Å²) in [5.41, 5.74) is 1.50. The molecule has 0 aliphatic carbocycles. The zero-order chi connectivity index (χ0) is 18.6. The lowest BCUT2D eigenvalue weighted by Crippen LogP contribution is -2.29. The summed E-state index contributed by atoms with van der Waals surface area (Å²) in [7, 11) is 0. The van der Waals surface area contributed by atoms with Gasteiger partial charge in [-0.05, 0) is 37.1 Å². The van der Waals surface area contributed by atoms with Crippen molar-refractivity contribution in [3.63, 3.8) is 0 Å². The van der Waals surface area contributed by atoms with Crippen molar-refractivity contribution in [2.45, 2.75) is 39.8 Å². The minimum Gasteiger partial charge on any atom is -0.465 e. The van der Waals surface area contributed by atoms with Crippen LogP contribution in [-0.4, -0.2) is 28.1 Å². The molecule has 0 atom stereocenters. The third-order valence-corrected chi connectivity index (χ3v) is 3.96. The number of alkyl halides is 2. The van der Waals surface area contributed by atoms with Gasteiger partial charge in [0, 0.05) is 23.3 Å². The Morgan fingerprint density at radius 2 is 2.08 bits per heavy atom. The number of rotatable bonds is 7. The van der Waals surface area contributed by atoms with Gasteiger partial charge in [-0.1, -0.05) is 17.7 Å². The first-order valence-corrected chi connectivity index (χ1v) is 8.17. The molecule has 0 bridgehead atoms. The summed E-state index contributed by atoms with van der Waals surface area (Å²) < 4.78 is 32.6. The predicted molar refractivity (Wildman–Crippen MR) is 90.3 cm³/mol. The van der Waals surface area contributed by atoms with Gasteiger partial charge in [0.1, 0.15) is 6.54 Å². The molecule has 0 fully saturated rings. The Morgan fingerprint density at radius 1 is 1.36 bits per heavy atom. The minimum atomic E-state index is -2.68. The standard InChI is InChI=1S/C17H19ClF2N2O3/c1-3-25-16(23)10-21-8-14(22(17(21)24)9-15(19)20)7-12-4-5-13(18)6-11(12)2/h4-6,8,15H,3,7,9-10H2,1-2H3. The quantitative estimate of drug-likeness (QED) is 0.702. The van der Waals surface area contributed by atoms with Gasteiger partial charge in [0.2, 0.25) is 0 Å². The summed E-state index contributed by atoms with van der Waals surface area (Å²) in [6.45, 7) is 2.65. The lowest BCUT2D eigenvalue weighted by atomic mass is 10.0. The largest absolute Gasteiger partial charge is 0.465 e. The highest BCUT2D eigenvalue weighted by atomic mass is 35.5. The second kappa shape index (κ2) is 8.29. The number of ether oxygens (including phenoxy) is 1. The second-order valence-corrected chi connectivity index (χ2v) is 6.02.